The van der Waals surface area contributed by atoms with E-state index in [0.29, 0.717) is 19.0 Å². The second-order valence-electron chi connectivity index (χ2n) is 4.66. The van der Waals surface area contributed by atoms with Crippen LogP contribution in [0.1, 0.15) is 11.1 Å². The lowest BCUT2D eigenvalue weighted by Gasteiger charge is -2.12. The van der Waals surface area contributed by atoms with E-state index in [4.69, 9.17) is 11.6 Å². The lowest BCUT2D eigenvalue weighted by molar-refractivity contribution is 0.624. The summed E-state index contributed by atoms with van der Waals surface area (Å²) in [5.74, 6) is -0.160. The Labute approximate surface area is 156 Å². The predicted molar refractivity (Wildman–Crippen MR) is 100 cm³/mol. The van der Waals surface area contributed by atoms with E-state index in [1.54, 1.807) is 25.2 Å². The number of nitrogens with one attached hydrogen (secondary N) is 2. The lowest BCUT2D eigenvalue weighted by Crippen LogP contribution is -2.36. The first-order valence-electron chi connectivity index (χ1n) is 6.71. The van der Waals surface area contributed by atoms with E-state index in [2.05, 4.69) is 15.6 Å². The van der Waals surface area contributed by atoms with Gasteiger partial charge < -0.3 is 10.6 Å². The highest BCUT2D eigenvalue weighted by Crippen LogP contribution is 2.15. The molecule has 0 saturated heterocycles. The molecule has 0 aromatic heterocycles. The van der Waals surface area contributed by atoms with Crippen LogP contribution < -0.4 is 10.6 Å². The fraction of sp³-hybridized carbons (Fsp3) is 0.188. The van der Waals surface area contributed by atoms with Gasteiger partial charge >= 0.3 is 0 Å². The molecule has 7 heteroatoms. The molecular formula is C16H17ClF2IN3. The molecule has 0 aliphatic carbocycles. The van der Waals surface area contributed by atoms with Gasteiger partial charge in [-0.3, -0.25) is 4.99 Å². The fourth-order valence-corrected chi connectivity index (χ4v) is 2.09. The van der Waals surface area contributed by atoms with Gasteiger partial charge in [0, 0.05) is 20.1 Å². The van der Waals surface area contributed by atoms with Crippen molar-refractivity contribution in [2.45, 2.75) is 13.1 Å². The van der Waals surface area contributed by atoms with Crippen molar-refractivity contribution in [3.63, 3.8) is 0 Å². The second kappa shape index (κ2) is 9.67. The molecule has 2 rings (SSSR count). The Morgan fingerprint density at radius 3 is 2.26 bits per heavy atom. The van der Waals surface area contributed by atoms with Gasteiger partial charge in [-0.2, -0.15) is 0 Å². The highest BCUT2D eigenvalue weighted by atomic mass is 127. The van der Waals surface area contributed by atoms with Crippen LogP contribution in [0.15, 0.2) is 47.5 Å². The molecule has 2 N–H and O–H groups in total. The van der Waals surface area contributed by atoms with Crippen LogP contribution in [0.4, 0.5) is 8.78 Å². The average Bonchev–Trinajstić information content (AvgIpc) is 2.51. The smallest absolute Gasteiger partial charge is 0.191 e. The standard InChI is InChI=1S/C16H16ClF2N3.HI/c1-20-16(21-9-11-3-2-4-13(18)7-11)22-10-12-5-6-15(19)14(17)8-12;/h2-8H,9-10H2,1H3,(H2,20,21,22);1H. The van der Waals surface area contributed by atoms with Gasteiger partial charge in [0.15, 0.2) is 5.96 Å². The fourth-order valence-electron chi connectivity index (χ4n) is 1.89. The second-order valence-corrected chi connectivity index (χ2v) is 5.06. The quantitative estimate of drug-likeness (QED) is 0.417. The Balaban J connectivity index is 0.00000264. The molecule has 0 heterocycles. The van der Waals surface area contributed by atoms with E-state index in [1.807, 2.05) is 6.07 Å². The van der Waals surface area contributed by atoms with Crippen LogP contribution in [0, 0.1) is 11.6 Å². The molecule has 23 heavy (non-hydrogen) atoms. The van der Waals surface area contributed by atoms with Crippen molar-refractivity contribution in [2.24, 2.45) is 4.99 Å². The molecule has 2 aromatic carbocycles. The summed E-state index contributed by atoms with van der Waals surface area (Å²) in [7, 11) is 1.64. The van der Waals surface area contributed by atoms with E-state index in [1.165, 1.54) is 18.2 Å². The first kappa shape index (κ1) is 19.6. The van der Waals surface area contributed by atoms with Crippen LogP contribution in [0.5, 0.6) is 0 Å². The maximum atomic E-state index is 13.1. The topological polar surface area (TPSA) is 36.4 Å². The van der Waals surface area contributed by atoms with Gasteiger partial charge in [0.2, 0.25) is 0 Å². The van der Waals surface area contributed by atoms with Gasteiger partial charge in [0.1, 0.15) is 11.6 Å². The molecular weight excluding hydrogens is 435 g/mol. The van der Waals surface area contributed by atoms with Crippen LogP contribution in [0.25, 0.3) is 0 Å². The van der Waals surface area contributed by atoms with Crippen LogP contribution in [0.2, 0.25) is 5.02 Å². The molecule has 0 spiro atoms. The largest absolute Gasteiger partial charge is 0.352 e. The molecule has 2 aromatic rings. The van der Waals surface area contributed by atoms with Gasteiger partial charge in [0.05, 0.1) is 5.02 Å². The third kappa shape index (κ3) is 6.31. The number of hydrogen-bond acceptors (Lipinski definition) is 1. The zero-order chi connectivity index (χ0) is 15.9. The average molecular weight is 452 g/mol. The Morgan fingerprint density at radius 2 is 1.70 bits per heavy atom. The van der Waals surface area contributed by atoms with Gasteiger partial charge in [0.25, 0.3) is 0 Å². The zero-order valence-electron chi connectivity index (χ0n) is 12.4. The molecule has 0 aliphatic rings. The van der Waals surface area contributed by atoms with Gasteiger partial charge in [-0.15, -0.1) is 24.0 Å². The summed E-state index contributed by atoms with van der Waals surface area (Å²) in [5.41, 5.74) is 1.65. The Kier molecular flexibility index (Phi) is 8.25. The molecule has 3 nitrogen and oxygen atoms in total. The lowest BCUT2D eigenvalue weighted by atomic mass is 10.2. The minimum atomic E-state index is -0.445. The van der Waals surface area contributed by atoms with Crippen LogP contribution >= 0.6 is 35.6 Å². The maximum Gasteiger partial charge on any atom is 0.191 e. The van der Waals surface area contributed by atoms with Crippen molar-refractivity contribution in [1.82, 2.24) is 10.6 Å². The van der Waals surface area contributed by atoms with E-state index in [-0.39, 0.29) is 34.8 Å². The maximum absolute atomic E-state index is 13.1. The monoisotopic (exact) mass is 451 g/mol. The highest BCUT2D eigenvalue weighted by Gasteiger charge is 2.03. The predicted octanol–water partition coefficient (Wildman–Crippen LogP) is 4.10. The third-order valence-corrected chi connectivity index (χ3v) is 3.31. The van der Waals surface area contributed by atoms with E-state index >= 15 is 0 Å². The van der Waals surface area contributed by atoms with Crippen LogP contribution in [0.3, 0.4) is 0 Å². The van der Waals surface area contributed by atoms with Crippen LogP contribution in [-0.2, 0) is 13.1 Å². The first-order chi connectivity index (χ1) is 10.6. The number of halogens is 4. The van der Waals surface area contributed by atoms with Gasteiger partial charge in [-0.1, -0.05) is 29.8 Å². The summed E-state index contributed by atoms with van der Waals surface area (Å²) in [6, 6.07) is 10.9. The molecule has 0 bridgehead atoms. The summed E-state index contributed by atoms with van der Waals surface area (Å²) < 4.78 is 26.2. The van der Waals surface area contributed by atoms with Crippen molar-refractivity contribution in [3.05, 3.63) is 70.2 Å². The summed E-state index contributed by atoms with van der Waals surface area (Å²) in [4.78, 5) is 4.07. The number of hydrogen-bond donors (Lipinski definition) is 2. The summed E-state index contributed by atoms with van der Waals surface area (Å²) in [5, 5.41) is 6.24. The molecule has 0 radical (unpaired) electrons. The highest BCUT2D eigenvalue weighted by molar-refractivity contribution is 14.0. The van der Waals surface area contributed by atoms with Gasteiger partial charge in [-0.25, -0.2) is 8.78 Å². The number of rotatable bonds is 4. The van der Waals surface area contributed by atoms with Gasteiger partial charge in [-0.05, 0) is 35.4 Å². The zero-order valence-corrected chi connectivity index (χ0v) is 15.5. The summed E-state index contributed by atoms with van der Waals surface area (Å²) in [6.45, 7) is 0.893. The van der Waals surface area contributed by atoms with Crippen LogP contribution in [-0.4, -0.2) is 13.0 Å². The number of benzene rings is 2. The molecule has 0 atom stereocenters. The first-order valence-corrected chi connectivity index (χ1v) is 7.09. The number of guanidine groups is 1. The van der Waals surface area contributed by atoms with Crippen molar-refractivity contribution >= 4 is 41.5 Å². The number of aliphatic imine (C=N–C) groups is 1. The van der Waals surface area contributed by atoms with Crippen molar-refractivity contribution < 1.29 is 8.78 Å². The summed E-state index contributed by atoms with van der Waals surface area (Å²) >= 11 is 5.73. The molecule has 0 aliphatic heterocycles. The van der Waals surface area contributed by atoms with E-state index in [9.17, 15) is 8.78 Å². The van der Waals surface area contributed by atoms with Crippen molar-refractivity contribution in [3.8, 4) is 0 Å². The Hall–Kier alpha value is -1.41. The Bertz CT molecular complexity index is 680. The Morgan fingerprint density at radius 1 is 1.04 bits per heavy atom. The number of nitrogens with zero attached hydrogens (tertiary/aromatic N) is 1. The third-order valence-electron chi connectivity index (χ3n) is 3.02. The minimum absolute atomic E-state index is 0. The summed E-state index contributed by atoms with van der Waals surface area (Å²) in [6.07, 6.45) is 0. The SMILES string of the molecule is CN=C(NCc1cccc(F)c1)NCc1ccc(F)c(Cl)c1.I. The molecule has 0 saturated carbocycles. The molecule has 0 fully saturated rings. The normalized spacial score (nSPS) is 10.9. The molecule has 0 unspecified atom stereocenters. The van der Waals surface area contributed by atoms with E-state index in [0.717, 1.165) is 11.1 Å². The minimum Gasteiger partial charge on any atom is -0.352 e. The van der Waals surface area contributed by atoms with E-state index < -0.39 is 5.82 Å². The molecule has 0 amide bonds. The molecule has 124 valence electrons. The van der Waals surface area contributed by atoms with Crippen molar-refractivity contribution in [2.75, 3.05) is 7.05 Å². The van der Waals surface area contributed by atoms with Crippen molar-refractivity contribution in [1.29, 1.82) is 0 Å².